The summed E-state index contributed by atoms with van der Waals surface area (Å²) in [6, 6.07) is 10.4. The lowest BCUT2D eigenvalue weighted by atomic mass is 9.84. The number of amides is 1. The molecule has 0 saturated carbocycles. The smallest absolute Gasteiger partial charge is 0.354 e. The molecular weight excluding hydrogens is 524 g/mol. The number of nitrogens with one attached hydrogen (secondary N) is 1. The molecule has 3 atom stereocenters. The van der Waals surface area contributed by atoms with Crippen LogP contribution >= 0.6 is 0 Å². The van der Waals surface area contributed by atoms with Crippen molar-refractivity contribution >= 4 is 23.6 Å². The van der Waals surface area contributed by atoms with Crippen molar-refractivity contribution in [1.29, 1.82) is 0 Å². The molecule has 2 heterocycles. The largest absolute Gasteiger partial charge is 0.477 e. The van der Waals surface area contributed by atoms with Gasteiger partial charge in [0.15, 0.2) is 5.69 Å². The third-order valence-corrected chi connectivity index (χ3v) is 8.01. The molecule has 2 aromatic heterocycles. The third kappa shape index (κ3) is 4.44. The predicted molar refractivity (Wildman–Crippen MR) is 148 cm³/mol. The molecule has 11 heteroatoms. The fraction of sp³-hybridized carbons (Fsp3) is 0.267. The number of carboxylic acid groups (broad SMARTS) is 1. The first-order valence-corrected chi connectivity index (χ1v) is 13.3. The van der Waals surface area contributed by atoms with Gasteiger partial charge in [0.25, 0.3) is 11.7 Å². The van der Waals surface area contributed by atoms with E-state index in [1.165, 1.54) is 28.5 Å². The van der Waals surface area contributed by atoms with Crippen LogP contribution in [0.5, 0.6) is 0 Å². The Hall–Kier alpha value is -4.90. The summed E-state index contributed by atoms with van der Waals surface area (Å²) < 4.78 is 6.56. The molecule has 2 aliphatic rings. The van der Waals surface area contributed by atoms with Crippen LogP contribution in [0.15, 0.2) is 55.4 Å². The normalized spacial score (nSPS) is 19.0. The molecular formula is C30H28N6O5. The quantitative estimate of drug-likeness (QED) is 0.230. The first-order chi connectivity index (χ1) is 19.8. The predicted octanol–water partition coefficient (Wildman–Crippen LogP) is 3.43. The zero-order valence-corrected chi connectivity index (χ0v) is 22.3. The number of hydrogen-bond donors (Lipinski definition) is 3. The van der Waals surface area contributed by atoms with Crippen LogP contribution in [0.2, 0.25) is 0 Å². The van der Waals surface area contributed by atoms with Gasteiger partial charge in [-0.2, -0.15) is 14.6 Å². The van der Waals surface area contributed by atoms with Crippen molar-refractivity contribution in [1.82, 2.24) is 24.9 Å². The Morgan fingerprint density at radius 2 is 2.05 bits per heavy atom. The molecule has 2 aromatic carbocycles. The molecule has 0 aliphatic heterocycles. The molecule has 4 aromatic rings. The van der Waals surface area contributed by atoms with Crippen molar-refractivity contribution < 1.29 is 24.2 Å². The molecule has 6 rings (SSSR count). The third-order valence-electron chi connectivity index (χ3n) is 8.01. The molecule has 2 aliphatic carbocycles. The molecule has 1 amide bonds. The monoisotopic (exact) mass is 552 g/mol. The van der Waals surface area contributed by atoms with Gasteiger partial charge < -0.3 is 20.9 Å². The molecule has 0 bridgehead atoms. The molecule has 1 unspecified atom stereocenters. The van der Waals surface area contributed by atoms with Crippen LogP contribution in [0.25, 0.3) is 5.78 Å². The molecule has 208 valence electrons. The maximum Gasteiger partial charge on any atom is 0.354 e. The van der Waals surface area contributed by atoms with E-state index in [-0.39, 0.29) is 35.7 Å². The topological polar surface area (TPSA) is 162 Å². The maximum absolute atomic E-state index is 13.6. The van der Waals surface area contributed by atoms with Crippen LogP contribution in [0.1, 0.15) is 95.6 Å². The number of fused-ring (bicyclic) bond motifs is 3. The Bertz CT molecular complexity index is 1740. The second-order valence-electron chi connectivity index (χ2n) is 10.3. The highest BCUT2D eigenvalue weighted by Gasteiger charge is 2.38. The fourth-order valence-electron chi connectivity index (χ4n) is 6.23. The minimum Gasteiger partial charge on any atom is -0.477 e. The van der Waals surface area contributed by atoms with Gasteiger partial charge in [-0.15, -0.1) is 0 Å². The van der Waals surface area contributed by atoms with Crippen LogP contribution < -0.4 is 11.1 Å². The Kier molecular flexibility index (Phi) is 6.58. The van der Waals surface area contributed by atoms with E-state index >= 15 is 0 Å². The van der Waals surface area contributed by atoms with E-state index in [2.05, 4.69) is 39.1 Å². The summed E-state index contributed by atoms with van der Waals surface area (Å²) >= 11 is 0. The second kappa shape index (κ2) is 10.3. The standard InChI is InChI=1S/C30H28N6O5/c1-3-11-41-29(40)17-8-9-19-22(34-27(37)24-13-23(28(38)39)35-30-32-14-33-36(24)30)12-20(25(19)15(17)2)18-6-4-5-16-7-10-21(31)26(16)18/h3-6,8-9,13-14,20-22H,1,7,10-12,31H2,2H3,(H,34,37)(H,38,39)/t20?,21-,22-/m0/s1. The molecule has 0 spiro atoms. The highest BCUT2D eigenvalue weighted by molar-refractivity contribution is 5.96. The van der Waals surface area contributed by atoms with Crippen LogP contribution in [0.3, 0.4) is 0 Å². The number of esters is 1. The van der Waals surface area contributed by atoms with Crippen LogP contribution in [0, 0.1) is 6.92 Å². The van der Waals surface area contributed by atoms with Gasteiger partial charge in [-0.05, 0) is 65.6 Å². The molecule has 0 fully saturated rings. The Labute approximate surface area is 235 Å². The summed E-state index contributed by atoms with van der Waals surface area (Å²) in [4.78, 5) is 46.1. The lowest BCUT2D eigenvalue weighted by Crippen LogP contribution is -2.30. The highest BCUT2D eigenvalue weighted by atomic mass is 16.5. The van der Waals surface area contributed by atoms with Crippen LogP contribution in [0.4, 0.5) is 0 Å². The van der Waals surface area contributed by atoms with Crippen LogP contribution in [-0.2, 0) is 11.2 Å². The van der Waals surface area contributed by atoms with Crippen molar-refractivity contribution in [2.75, 3.05) is 6.61 Å². The van der Waals surface area contributed by atoms with Gasteiger partial charge in [-0.25, -0.2) is 14.6 Å². The summed E-state index contributed by atoms with van der Waals surface area (Å²) in [5, 5.41) is 16.6. The molecule has 4 N–H and O–H groups in total. The number of benzene rings is 2. The van der Waals surface area contributed by atoms with Gasteiger partial charge >= 0.3 is 11.9 Å². The highest BCUT2D eigenvalue weighted by Crippen LogP contribution is 2.49. The minimum absolute atomic E-state index is 0.00105. The number of aromatic nitrogens is 4. The number of carbonyl (C=O) groups excluding carboxylic acids is 2. The van der Waals surface area contributed by atoms with E-state index in [1.54, 1.807) is 6.07 Å². The van der Waals surface area contributed by atoms with Crippen molar-refractivity contribution in [3.63, 3.8) is 0 Å². The zero-order chi connectivity index (χ0) is 28.8. The number of rotatable bonds is 7. The van der Waals surface area contributed by atoms with Gasteiger partial charge in [0.05, 0.1) is 11.6 Å². The second-order valence-corrected chi connectivity index (χ2v) is 10.3. The Morgan fingerprint density at radius 1 is 1.22 bits per heavy atom. The van der Waals surface area contributed by atoms with E-state index < -0.39 is 23.9 Å². The number of nitrogens with two attached hydrogens (primary N) is 1. The number of aromatic carboxylic acids is 1. The Balaban J connectivity index is 1.43. The number of nitrogens with zero attached hydrogens (tertiary/aromatic N) is 4. The van der Waals surface area contributed by atoms with Crippen molar-refractivity contribution in [2.45, 2.75) is 44.2 Å². The molecule has 11 nitrogen and oxygen atoms in total. The number of ether oxygens (including phenoxy) is 1. The summed E-state index contributed by atoms with van der Waals surface area (Å²) in [7, 11) is 0. The van der Waals surface area contributed by atoms with E-state index in [1.807, 2.05) is 19.1 Å². The summed E-state index contributed by atoms with van der Waals surface area (Å²) in [5.41, 5.74) is 12.7. The van der Waals surface area contributed by atoms with Crippen molar-refractivity contribution in [3.05, 3.63) is 106 Å². The summed E-state index contributed by atoms with van der Waals surface area (Å²) in [6.07, 6.45) is 5.01. The average molecular weight is 553 g/mol. The van der Waals surface area contributed by atoms with E-state index in [4.69, 9.17) is 10.5 Å². The van der Waals surface area contributed by atoms with E-state index in [0.29, 0.717) is 12.0 Å². The first kappa shape index (κ1) is 26.3. The van der Waals surface area contributed by atoms with Gasteiger partial charge in [0.2, 0.25) is 0 Å². The van der Waals surface area contributed by atoms with Crippen molar-refractivity contribution in [3.8, 4) is 0 Å². The number of hydrogen-bond acceptors (Lipinski definition) is 8. The lowest BCUT2D eigenvalue weighted by Gasteiger charge is -2.21. The SMILES string of the molecule is C=CCOC(=O)c1ccc2c(c1C)C(c1cccc3c1[C@@H](N)CC3)C[C@@H]2NC(=O)c1cc(C(=O)O)nc2ncnn12. The number of aryl methyl sites for hydroxylation is 1. The van der Waals surface area contributed by atoms with Gasteiger partial charge in [-0.3, -0.25) is 4.79 Å². The molecule has 0 radical (unpaired) electrons. The Morgan fingerprint density at radius 3 is 2.83 bits per heavy atom. The van der Waals surface area contributed by atoms with Gasteiger partial charge in [0.1, 0.15) is 18.6 Å². The van der Waals surface area contributed by atoms with Gasteiger partial charge in [-0.1, -0.05) is 36.9 Å². The summed E-state index contributed by atoms with van der Waals surface area (Å²) in [5.74, 6) is -2.38. The number of carbonyl (C=O) groups is 3. The van der Waals surface area contributed by atoms with E-state index in [0.717, 1.165) is 40.7 Å². The summed E-state index contributed by atoms with van der Waals surface area (Å²) in [6.45, 7) is 5.61. The minimum atomic E-state index is -1.28. The molecule has 41 heavy (non-hydrogen) atoms. The van der Waals surface area contributed by atoms with E-state index in [9.17, 15) is 19.5 Å². The van der Waals surface area contributed by atoms with Gasteiger partial charge in [0, 0.05) is 18.0 Å². The average Bonchev–Trinajstić information content (AvgIpc) is 3.69. The van der Waals surface area contributed by atoms with Crippen molar-refractivity contribution in [2.24, 2.45) is 5.73 Å². The maximum atomic E-state index is 13.6. The fourth-order valence-corrected chi connectivity index (χ4v) is 6.23. The lowest BCUT2D eigenvalue weighted by molar-refractivity contribution is 0.0548. The number of carboxylic acids is 1. The van der Waals surface area contributed by atoms with Crippen LogP contribution in [-0.4, -0.2) is 49.1 Å². The zero-order valence-electron chi connectivity index (χ0n) is 22.3. The molecule has 0 saturated heterocycles. The first-order valence-electron chi connectivity index (χ1n) is 13.3.